The summed E-state index contributed by atoms with van der Waals surface area (Å²) < 4.78 is 5.15. The lowest BCUT2D eigenvalue weighted by Gasteiger charge is -2.34. The molecule has 2 amide bonds. The van der Waals surface area contributed by atoms with Gasteiger partial charge in [0.2, 0.25) is 0 Å². The van der Waals surface area contributed by atoms with E-state index in [0.717, 1.165) is 43.3 Å². The third-order valence-corrected chi connectivity index (χ3v) is 5.46. The topological polar surface area (TPSA) is 44.8 Å². The summed E-state index contributed by atoms with van der Waals surface area (Å²) in [6.07, 6.45) is 7.71. The Labute approximate surface area is 151 Å². The van der Waals surface area contributed by atoms with Gasteiger partial charge in [-0.2, -0.15) is 0 Å². The Hall–Kier alpha value is -1.75. The van der Waals surface area contributed by atoms with Crippen LogP contribution in [-0.4, -0.2) is 55.7 Å². The first-order chi connectivity index (χ1) is 12.2. The van der Waals surface area contributed by atoms with E-state index in [1.165, 1.54) is 45.3 Å². The highest BCUT2D eigenvalue weighted by atomic mass is 16.5. The number of piperidine rings is 1. The number of urea groups is 1. The minimum atomic E-state index is 0.0124. The fourth-order valence-electron chi connectivity index (χ4n) is 3.88. The van der Waals surface area contributed by atoms with Gasteiger partial charge in [-0.3, -0.25) is 0 Å². The lowest BCUT2D eigenvalue weighted by Crippen LogP contribution is -2.43. The lowest BCUT2D eigenvalue weighted by molar-refractivity contribution is 0.155. The van der Waals surface area contributed by atoms with E-state index in [9.17, 15) is 4.79 Å². The van der Waals surface area contributed by atoms with Crippen LogP contribution in [0.25, 0.3) is 0 Å². The van der Waals surface area contributed by atoms with Crippen molar-refractivity contribution in [3.63, 3.8) is 0 Å². The average Bonchev–Trinajstić information content (AvgIpc) is 2.91. The summed E-state index contributed by atoms with van der Waals surface area (Å²) in [7, 11) is 1.64. The maximum absolute atomic E-state index is 12.4. The molecule has 2 saturated heterocycles. The summed E-state index contributed by atoms with van der Waals surface area (Å²) in [5.74, 6) is 1.54. The summed E-state index contributed by atoms with van der Waals surface area (Å²) in [5.41, 5.74) is 0.817. The van der Waals surface area contributed by atoms with E-state index in [-0.39, 0.29) is 6.03 Å². The number of hydrogen-bond donors (Lipinski definition) is 1. The van der Waals surface area contributed by atoms with E-state index >= 15 is 0 Å². The maximum atomic E-state index is 12.4. The Bertz CT molecular complexity index is 530. The molecule has 2 fully saturated rings. The molecule has 0 atom stereocenters. The monoisotopic (exact) mass is 345 g/mol. The van der Waals surface area contributed by atoms with Gasteiger partial charge in [0, 0.05) is 25.3 Å². The van der Waals surface area contributed by atoms with E-state index in [4.69, 9.17) is 4.74 Å². The molecule has 2 heterocycles. The second-order valence-corrected chi connectivity index (χ2v) is 7.30. The van der Waals surface area contributed by atoms with Crippen LogP contribution in [0, 0.1) is 5.92 Å². The molecule has 138 valence electrons. The van der Waals surface area contributed by atoms with Crippen molar-refractivity contribution in [2.24, 2.45) is 5.92 Å². The number of methoxy groups -OCH3 is 1. The van der Waals surface area contributed by atoms with Crippen LogP contribution in [-0.2, 0) is 0 Å². The molecule has 2 aliphatic rings. The number of nitrogens with zero attached hydrogens (tertiary/aromatic N) is 2. The van der Waals surface area contributed by atoms with Crippen LogP contribution >= 0.6 is 0 Å². The van der Waals surface area contributed by atoms with E-state index in [1.807, 2.05) is 29.2 Å². The normalized spacial score (nSPS) is 20.1. The van der Waals surface area contributed by atoms with E-state index in [1.54, 1.807) is 7.11 Å². The summed E-state index contributed by atoms with van der Waals surface area (Å²) in [4.78, 5) is 17.0. The van der Waals surface area contributed by atoms with Crippen LogP contribution in [0.4, 0.5) is 10.5 Å². The molecule has 0 bridgehead atoms. The van der Waals surface area contributed by atoms with Gasteiger partial charge in [0.05, 0.1) is 7.11 Å². The zero-order valence-electron chi connectivity index (χ0n) is 15.4. The fraction of sp³-hybridized carbons (Fsp3) is 0.650. The Kier molecular flexibility index (Phi) is 6.56. The predicted octanol–water partition coefficient (Wildman–Crippen LogP) is 3.82. The number of carbonyl (C=O) groups excluding carboxylic acids is 1. The quantitative estimate of drug-likeness (QED) is 0.902. The van der Waals surface area contributed by atoms with Crippen LogP contribution < -0.4 is 10.1 Å². The van der Waals surface area contributed by atoms with E-state index in [0.29, 0.717) is 0 Å². The number of carbonyl (C=O) groups is 1. The molecule has 0 saturated carbocycles. The van der Waals surface area contributed by atoms with Crippen LogP contribution in [0.3, 0.4) is 0 Å². The average molecular weight is 345 g/mol. The molecule has 3 rings (SSSR count). The van der Waals surface area contributed by atoms with E-state index in [2.05, 4.69) is 10.2 Å². The molecule has 0 aliphatic carbocycles. The summed E-state index contributed by atoms with van der Waals surface area (Å²) >= 11 is 0. The van der Waals surface area contributed by atoms with Crippen molar-refractivity contribution in [2.75, 3.05) is 45.2 Å². The van der Waals surface area contributed by atoms with Gasteiger partial charge in [-0.1, -0.05) is 12.8 Å². The SMILES string of the molecule is COc1ccc(NC(=O)N2CCC(CN3CCCCCC3)CC2)cc1. The molecule has 1 aromatic rings. The number of anilines is 1. The molecule has 25 heavy (non-hydrogen) atoms. The third-order valence-electron chi connectivity index (χ3n) is 5.46. The molecular weight excluding hydrogens is 314 g/mol. The number of amides is 2. The van der Waals surface area contributed by atoms with Gasteiger partial charge in [-0.25, -0.2) is 4.79 Å². The molecule has 0 unspecified atom stereocenters. The second kappa shape index (κ2) is 9.09. The molecule has 2 aliphatic heterocycles. The zero-order valence-corrected chi connectivity index (χ0v) is 15.4. The van der Waals surface area contributed by atoms with Crippen LogP contribution in [0.1, 0.15) is 38.5 Å². The third kappa shape index (κ3) is 5.36. The highest BCUT2D eigenvalue weighted by molar-refractivity contribution is 5.89. The van der Waals surface area contributed by atoms with Crippen molar-refractivity contribution in [3.05, 3.63) is 24.3 Å². The molecular formula is C20H31N3O2. The molecule has 1 aromatic carbocycles. The van der Waals surface area contributed by atoms with Crippen molar-refractivity contribution in [3.8, 4) is 5.75 Å². The van der Waals surface area contributed by atoms with Crippen molar-refractivity contribution < 1.29 is 9.53 Å². The van der Waals surface area contributed by atoms with Gasteiger partial charge in [-0.15, -0.1) is 0 Å². The largest absolute Gasteiger partial charge is 0.497 e. The first-order valence-corrected chi connectivity index (χ1v) is 9.67. The first-order valence-electron chi connectivity index (χ1n) is 9.67. The van der Waals surface area contributed by atoms with E-state index < -0.39 is 0 Å². The Morgan fingerprint density at radius 1 is 1.04 bits per heavy atom. The fourth-order valence-corrected chi connectivity index (χ4v) is 3.88. The highest BCUT2D eigenvalue weighted by Crippen LogP contribution is 2.22. The molecule has 0 radical (unpaired) electrons. The second-order valence-electron chi connectivity index (χ2n) is 7.30. The Morgan fingerprint density at radius 2 is 1.68 bits per heavy atom. The van der Waals surface area contributed by atoms with Gasteiger partial charge < -0.3 is 19.9 Å². The number of benzene rings is 1. The van der Waals surface area contributed by atoms with Crippen LogP contribution in [0.15, 0.2) is 24.3 Å². The number of nitrogens with one attached hydrogen (secondary N) is 1. The first kappa shape index (κ1) is 18.1. The van der Waals surface area contributed by atoms with Gasteiger partial charge >= 0.3 is 6.03 Å². The molecule has 0 aromatic heterocycles. The molecule has 5 heteroatoms. The number of rotatable bonds is 4. The van der Waals surface area contributed by atoms with Crippen LogP contribution in [0.2, 0.25) is 0 Å². The Balaban J connectivity index is 1.42. The zero-order chi connectivity index (χ0) is 17.5. The summed E-state index contributed by atoms with van der Waals surface area (Å²) in [5, 5.41) is 2.99. The van der Waals surface area contributed by atoms with Gasteiger partial charge in [0.15, 0.2) is 0 Å². The van der Waals surface area contributed by atoms with Gasteiger partial charge in [0.1, 0.15) is 5.75 Å². The lowest BCUT2D eigenvalue weighted by atomic mass is 9.96. The number of likely N-dealkylation sites (tertiary alicyclic amines) is 2. The van der Waals surface area contributed by atoms with Crippen molar-refractivity contribution in [1.82, 2.24) is 9.80 Å². The van der Waals surface area contributed by atoms with Crippen molar-refractivity contribution >= 4 is 11.7 Å². The van der Waals surface area contributed by atoms with Gasteiger partial charge in [0.25, 0.3) is 0 Å². The molecule has 1 N–H and O–H groups in total. The minimum Gasteiger partial charge on any atom is -0.497 e. The minimum absolute atomic E-state index is 0.0124. The molecule has 0 spiro atoms. The standard InChI is InChI=1S/C20H31N3O2/c1-25-19-8-6-18(7-9-19)21-20(24)23-14-10-17(11-15-23)16-22-12-4-2-3-5-13-22/h6-9,17H,2-5,10-16H2,1H3,(H,21,24). The predicted molar refractivity (Wildman–Crippen MR) is 101 cm³/mol. The number of hydrogen-bond acceptors (Lipinski definition) is 3. The van der Waals surface area contributed by atoms with Crippen LogP contribution in [0.5, 0.6) is 5.75 Å². The number of ether oxygens (including phenoxy) is 1. The summed E-state index contributed by atoms with van der Waals surface area (Å²) in [6.45, 7) is 5.46. The maximum Gasteiger partial charge on any atom is 0.321 e. The van der Waals surface area contributed by atoms with Gasteiger partial charge in [-0.05, 0) is 69.0 Å². The molecule has 5 nitrogen and oxygen atoms in total. The van der Waals surface area contributed by atoms with Crippen molar-refractivity contribution in [2.45, 2.75) is 38.5 Å². The summed E-state index contributed by atoms with van der Waals surface area (Å²) in [6, 6.07) is 7.50. The van der Waals surface area contributed by atoms with Crippen molar-refractivity contribution in [1.29, 1.82) is 0 Å². The highest BCUT2D eigenvalue weighted by Gasteiger charge is 2.24. The Morgan fingerprint density at radius 3 is 2.28 bits per heavy atom. The smallest absolute Gasteiger partial charge is 0.321 e.